The molecule has 0 radical (unpaired) electrons. The molecule has 1 fully saturated rings. The second-order valence-electron chi connectivity index (χ2n) is 4.60. The average molecular weight is 187 g/mol. The predicted molar refractivity (Wildman–Crippen MR) is 52.9 cm³/mol. The lowest BCUT2D eigenvalue weighted by molar-refractivity contribution is -0.177. The van der Waals surface area contributed by atoms with Gasteiger partial charge in [-0.25, -0.2) is 0 Å². The SMILES string of the molecule is CNC1CC(OC(C)(C)C)C1OC. The van der Waals surface area contributed by atoms with Crippen molar-refractivity contribution in [2.24, 2.45) is 0 Å². The quantitative estimate of drug-likeness (QED) is 0.719. The number of rotatable bonds is 3. The monoisotopic (exact) mass is 187 g/mol. The van der Waals surface area contributed by atoms with Gasteiger partial charge in [0.15, 0.2) is 0 Å². The minimum Gasteiger partial charge on any atom is -0.377 e. The van der Waals surface area contributed by atoms with Crippen LogP contribution < -0.4 is 5.32 Å². The Kier molecular flexibility index (Phi) is 3.33. The molecule has 78 valence electrons. The van der Waals surface area contributed by atoms with E-state index in [0.29, 0.717) is 6.04 Å². The zero-order valence-electron chi connectivity index (χ0n) is 9.26. The average Bonchev–Trinajstić information content (AvgIpc) is 1.96. The summed E-state index contributed by atoms with van der Waals surface area (Å²) < 4.78 is 11.2. The van der Waals surface area contributed by atoms with E-state index in [0.717, 1.165) is 6.42 Å². The Balaban J connectivity index is 2.38. The Morgan fingerprint density at radius 1 is 1.31 bits per heavy atom. The summed E-state index contributed by atoms with van der Waals surface area (Å²) in [4.78, 5) is 0. The van der Waals surface area contributed by atoms with E-state index in [9.17, 15) is 0 Å². The van der Waals surface area contributed by atoms with E-state index >= 15 is 0 Å². The lowest BCUT2D eigenvalue weighted by Gasteiger charge is -2.45. The minimum atomic E-state index is -0.0693. The molecule has 0 bridgehead atoms. The second-order valence-corrected chi connectivity index (χ2v) is 4.60. The molecular formula is C10H21NO2. The zero-order valence-corrected chi connectivity index (χ0v) is 9.26. The molecular weight excluding hydrogens is 166 g/mol. The summed E-state index contributed by atoms with van der Waals surface area (Å²) in [5.74, 6) is 0. The Labute approximate surface area is 80.8 Å². The molecule has 0 saturated heterocycles. The molecule has 0 spiro atoms. The standard InChI is InChI=1S/C10H21NO2/c1-10(2,3)13-8-6-7(11-4)9(8)12-5/h7-9,11H,6H2,1-5H3. The Bertz CT molecular complexity index is 165. The maximum absolute atomic E-state index is 5.84. The van der Waals surface area contributed by atoms with Crippen LogP contribution in [0.5, 0.6) is 0 Å². The van der Waals surface area contributed by atoms with Crippen molar-refractivity contribution < 1.29 is 9.47 Å². The Hall–Kier alpha value is -0.120. The van der Waals surface area contributed by atoms with Crippen molar-refractivity contribution in [3.63, 3.8) is 0 Å². The first-order valence-electron chi connectivity index (χ1n) is 4.86. The van der Waals surface area contributed by atoms with Crippen LogP contribution in [0.2, 0.25) is 0 Å². The molecule has 1 aliphatic carbocycles. The molecule has 1 saturated carbocycles. The lowest BCUT2D eigenvalue weighted by Crippen LogP contribution is -2.60. The molecule has 0 aromatic carbocycles. The summed E-state index contributed by atoms with van der Waals surface area (Å²) in [6, 6.07) is 0.456. The maximum atomic E-state index is 5.84. The normalized spacial score (nSPS) is 34.4. The van der Waals surface area contributed by atoms with E-state index in [4.69, 9.17) is 9.47 Å². The van der Waals surface area contributed by atoms with E-state index in [1.165, 1.54) is 0 Å². The predicted octanol–water partition coefficient (Wildman–Crippen LogP) is 1.18. The van der Waals surface area contributed by atoms with Crippen molar-refractivity contribution in [3.05, 3.63) is 0 Å². The first-order chi connectivity index (χ1) is 5.98. The number of methoxy groups -OCH3 is 1. The second kappa shape index (κ2) is 3.95. The van der Waals surface area contributed by atoms with Gasteiger partial charge in [0.05, 0.1) is 17.8 Å². The highest BCUT2D eigenvalue weighted by molar-refractivity contribution is 4.97. The number of hydrogen-bond donors (Lipinski definition) is 1. The van der Waals surface area contributed by atoms with E-state index < -0.39 is 0 Å². The van der Waals surface area contributed by atoms with Gasteiger partial charge >= 0.3 is 0 Å². The third kappa shape index (κ3) is 2.66. The highest BCUT2D eigenvalue weighted by Crippen LogP contribution is 2.29. The van der Waals surface area contributed by atoms with Crippen LogP contribution in [-0.2, 0) is 9.47 Å². The molecule has 0 aromatic heterocycles. The van der Waals surface area contributed by atoms with Crippen LogP contribution in [0.3, 0.4) is 0 Å². The molecule has 1 N–H and O–H groups in total. The fraction of sp³-hybridized carbons (Fsp3) is 1.00. The number of ether oxygens (including phenoxy) is 2. The van der Waals surface area contributed by atoms with Gasteiger partial charge < -0.3 is 14.8 Å². The first kappa shape index (κ1) is 11.0. The number of likely N-dealkylation sites (N-methyl/N-ethyl adjacent to an activating group) is 1. The summed E-state index contributed by atoms with van der Waals surface area (Å²) >= 11 is 0. The van der Waals surface area contributed by atoms with Gasteiger partial charge in [-0.05, 0) is 34.2 Å². The fourth-order valence-electron chi connectivity index (χ4n) is 1.75. The molecule has 3 nitrogen and oxygen atoms in total. The van der Waals surface area contributed by atoms with Gasteiger partial charge in [0.1, 0.15) is 0 Å². The molecule has 1 aliphatic rings. The smallest absolute Gasteiger partial charge is 0.0987 e. The van der Waals surface area contributed by atoms with Crippen molar-refractivity contribution in [1.29, 1.82) is 0 Å². The van der Waals surface area contributed by atoms with Crippen LogP contribution in [0.4, 0.5) is 0 Å². The summed E-state index contributed by atoms with van der Waals surface area (Å²) in [7, 11) is 3.71. The maximum Gasteiger partial charge on any atom is 0.0987 e. The van der Waals surface area contributed by atoms with Crippen molar-refractivity contribution >= 4 is 0 Å². The summed E-state index contributed by atoms with van der Waals surface area (Å²) in [6.45, 7) is 6.23. The molecule has 0 aromatic rings. The van der Waals surface area contributed by atoms with Crippen LogP contribution >= 0.6 is 0 Å². The highest BCUT2D eigenvalue weighted by Gasteiger charge is 2.43. The largest absolute Gasteiger partial charge is 0.377 e. The third-order valence-electron chi connectivity index (χ3n) is 2.40. The summed E-state index contributed by atoms with van der Waals surface area (Å²) in [5, 5.41) is 3.21. The van der Waals surface area contributed by atoms with Gasteiger partial charge in [-0.1, -0.05) is 0 Å². The molecule has 1 rings (SSSR count). The van der Waals surface area contributed by atoms with E-state index in [-0.39, 0.29) is 17.8 Å². The van der Waals surface area contributed by atoms with Gasteiger partial charge in [-0.2, -0.15) is 0 Å². The molecule has 3 heteroatoms. The van der Waals surface area contributed by atoms with Crippen molar-refractivity contribution in [2.75, 3.05) is 14.2 Å². The van der Waals surface area contributed by atoms with Gasteiger partial charge in [0.25, 0.3) is 0 Å². The van der Waals surface area contributed by atoms with E-state index in [1.54, 1.807) is 7.11 Å². The zero-order chi connectivity index (χ0) is 10.1. The van der Waals surface area contributed by atoms with Crippen molar-refractivity contribution in [1.82, 2.24) is 5.32 Å². The first-order valence-corrected chi connectivity index (χ1v) is 4.86. The Morgan fingerprint density at radius 3 is 2.31 bits per heavy atom. The van der Waals surface area contributed by atoms with E-state index in [1.807, 2.05) is 7.05 Å². The molecule has 13 heavy (non-hydrogen) atoms. The minimum absolute atomic E-state index is 0.0693. The molecule has 0 aliphatic heterocycles. The van der Waals surface area contributed by atoms with Gasteiger partial charge in [0, 0.05) is 13.2 Å². The van der Waals surface area contributed by atoms with Gasteiger partial charge in [-0.15, -0.1) is 0 Å². The van der Waals surface area contributed by atoms with Crippen LogP contribution in [0.1, 0.15) is 27.2 Å². The van der Waals surface area contributed by atoms with Crippen LogP contribution in [0.25, 0.3) is 0 Å². The van der Waals surface area contributed by atoms with Crippen molar-refractivity contribution in [3.8, 4) is 0 Å². The van der Waals surface area contributed by atoms with E-state index in [2.05, 4.69) is 26.1 Å². The topological polar surface area (TPSA) is 30.5 Å². The van der Waals surface area contributed by atoms with Crippen molar-refractivity contribution in [2.45, 2.75) is 51.0 Å². The van der Waals surface area contributed by atoms with Crippen LogP contribution in [-0.4, -0.2) is 38.0 Å². The van der Waals surface area contributed by atoms with Crippen LogP contribution in [0, 0.1) is 0 Å². The molecule has 3 unspecified atom stereocenters. The number of nitrogens with one attached hydrogen (secondary N) is 1. The number of hydrogen-bond acceptors (Lipinski definition) is 3. The molecule has 0 amide bonds. The van der Waals surface area contributed by atoms with Gasteiger partial charge in [0.2, 0.25) is 0 Å². The lowest BCUT2D eigenvalue weighted by atomic mass is 9.85. The summed E-state index contributed by atoms with van der Waals surface area (Å²) in [6.07, 6.45) is 1.51. The molecule has 0 heterocycles. The third-order valence-corrected chi connectivity index (χ3v) is 2.40. The van der Waals surface area contributed by atoms with Gasteiger partial charge in [-0.3, -0.25) is 0 Å². The van der Waals surface area contributed by atoms with Crippen LogP contribution in [0.15, 0.2) is 0 Å². The summed E-state index contributed by atoms with van der Waals surface area (Å²) in [5.41, 5.74) is -0.0693. The molecule has 3 atom stereocenters. The fourth-order valence-corrected chi connectivity index (χ4v) is 1.75. The Morgan fingerprint density at radius 2 is 1.92 bits per heavy atom. The highest BCUT2D eigenvalue weighted by atomic mass is 16.6.